The number of aliphatic hydroxyl groups excluding tert-OH is 1. The second-order valence-corrected chi connectivity index (χ2v) is 6.02. The second kappa shape index (κ2) is 9.25. The highest BCUT2D eigenvalue weighted by Gasteiger charge is 2.42. The summed E-state index contributed by atoms with van der Waals surface area (Å²) in [5, 5.41) is 19.2. The molecule has 2 rings (SSSR count). The Morgan fingerprint density at radius 2 is 2.08 bits per heavy atom. The van der Waals surface area contributed by atoms with Crippen LogP contribution in [0.2, 0.25) is 0 Å². The average Bonchev–Trinajstić information content (AvgIpc) is 2.66. The van der Waals surface area contributed by atoms with E-state index in [2.05, 4.69) is 6.07 Å². The van der Waals surface area contributed by atoms with Gasteiger partial charge in [-0.3, -0.25) is 0 Å². The van der Waals surface area contributed by atoms with Crippen LogP contribution in [0.25, 0.3) is 0 Å². The molecule has 7 heteroatoms. The lowest BCUT2D eigenvalue weighted by Crippen LogP contribution is -2.52. The predicted molar refractivity (Wildman–Crippen MR) is 88.0 cm³/mol. The van der Waals surface area contributed by atoms with Crippen molar-refractivity contribution in [1.82, 2.24) is 0 Å². The van der Waals surface area contributed by atoms with Crippen molar-refractivity contribution in [2.24, 2.45) is 5.92 Å². The predicted octanol–water partition coefficient (Wildman–Crippen LogP) is 1.80. The first-order valence-electron chi connectivity index (χ1n) is 8.13. The SMILES string of the molecule is CO[C@@H](O)[C@@](C)(OC)O[C@H]1C[C@H](C#N)CO[C@H]1OCc1ccccc1. The van der Waals surface area contributed by atoms with E-state index in [-0.39, 0.29) is 12.5 Å². The first kappa shape index (κ1) is 19.8. The largest absolute Gasteiger partial charge is 0.364 e. The van der Waals surface area contributed by atoms with Crippen LogP contribution in [0.3, 0.4) is 0 Å². The molecule has 1 saturated heterocycles. The average molecular weight is 351 g/mol. The molecular formula is C18H25NO6. The summed E-state index contributed by atoms with van der Waals surface area (Å²) in [6, 6.07) is 11.9. The Morgan fingerprint density at radius 1 is 1.36 bits per heavy atom. The van der Waals surface area contributed by atoms with Gasteiger partial charge in [0, 0.05) is 14.2 Å². The van der Waals surface area contributed by atoms with E-state index in [0.717, 1.165) is 5.56 Å². The highest BCUT2D eigenvalue weighted by Crippen LogP contribution is 2.29. The first-order chi connectivity index (χ1) is 12.0. The summed E-state index contributed by atoms with van der Waals surface area (Å²) in [6.07, 6.45) is -2.15. The van der Waals surface area contributed by atoms with Gasteiger partial charge in [-0.2, -0.15) is 5.26 Å². The summed E-state index contributed by atoms with van der Waals surface area (Å²) < 4.78 is 27.6. The van der Waals surface area contributed by atoms with Gasteiger partial charge in [0.15, 0.2) is 6.29 Å². The maximum atomic E-state index is 10.0. The number of hydrogen-bond donors (Lipinski definition) is 1. The molecule has 0 bridgehead atoms. The van der Waals surface area contributed by atoms with E-state index in [1.54, 1.807) is 6.92 Å². The molecule has 0 aromatic heterocycles. The molecule has 1 N–H and O–H groups in total. The van der Waals surface area contributed by atoms with Crippen molar-refractivity contribution in [1.29, 1.82) is 5.26 Å². The Morgan fingerprint density at radius 3 is 2.68 bits per heavy atom. The molecular weight excluding hydrogens is 326 g/mol. The third-order valence-electron chi connectivity index (χ3n) is 4.18. The first-order valence-corrected chi connectivity index (χ1v) is 8.13. The van der Waals surface area contributed by atoms with Crippen LogP contribution in [0.15, 0.2) is 30.3 Å². The lowest BCUT2D eigenvalue weighted by Gasteiger charge is -2.40. The number of methoxy groups -OCH3 is 2. The monoisotopic (exact) mass is 351 g/mol. The molecule has 0 radical (unpaired) electrons. The topological polar surface area (TPSA) is 90.2 Å². The molecule has 0 spiro atoms. The van der Waals surface area contributed by atoms with Crippen molar-refractivity contribution >= 4 is 0 Å². The lowest BCUT2D eigenvalue weighted by molar-refractivity contribution is -0.364. The van der Waals surface area contributed by atoms with Crippen molar-refractivity contribution in [3.8, 4) is 6.07 Å². The Hall–Kier alpha value is -1.53. The third kappa shape index (κ3) is 5.22. The molecule has 1 fully saturated rings. The minimum atomic E-state index is -1.41. The van der Waals surface area contributed by atoms with Gasteiger partial charge in [-0.15, -0.1) is 0 Å². The zero-order valence-corrected chi connectivity index (χ0v) is 14.8. The van der Waals surface area contributed by atoms with Gasteiger partial charge in [-0.1, -0.05) is 30.3 Å². The fourth-order valence-corrected chi connectivity index (χ4v) is 2.60. The van der Waals surface area contributed by atoms with Gasteiger partial charge in [0.05, 0.1) is 25.2 Å². The maximum absolute atomic E-state index is 10.0. The standard InChI is InChI=1S/C18H25NO6/c1-18(22-3,17(20)21-2)25-15-9-14(10-19)12-24-16(15)23-11-13-7-5-4-6-8-13/h4-8,14-17,20H,9,11-12H2,1-3H3/t14-,15+,16-,17-,18+/m1/s1. The summed E-state index contributed by atoms with van der Waals surface area (Å²) in [7, 11) is 2.76. The van der Waals surface area contributed by atoms with Crippen LogP contribution in [-0.2, 0) is 30.3 Å². The summed E-state index contributed by atoms with van der Waals surface area (Å²) in [6.45, 7) is 2.18. The van der Waals surface area contributed by atoms with Crippen LogP contribution >= 0.6 is 0 Å². The van der Waals surface area contributed by atoms with Crippen LogP contribution in [-0.4, -0.2) is 50.4 Å². The molecule has 1 aliphatic rings. The molecule has 1 aliphatic heterocycles. The highest BCUT2D eigenvalue weighted by atomic mass is 16.8. The lowest BCUT2D eigenvalue weighted by atomic mass is 10.0. The van der Waals surface area contributed by atoms with Crippen LogP contribution in [0, 0.1) is 17.2 Å². The van der Waals surface area contributed by atoms with E-state index in [9.17, 15) is 10.4 Å². The van der Waals surface area contributed by atoms with Crippen molar-refractivity contribution < 1.29 is 28.8 Å². The molecule has 0 amide bonds. The summed E-state index contributed by atoms with van der Waals surface area (Å²) in [4.78, 5) is 0. The van der Waals surface area contributed by atoms with Gasteiger partial charge >= 0.3 is 0 Å². The van der Waals surface area contributed by atoms with E-state index >= 15 is 0 Å². The Balaban J connectivity index is 2.06. The molecule has 7 nitrogen and oxygen atoms in total. The van der Waals surface area contributed by atoms with E-state index < -0.39 is 24.5 Å². The fourth-order valence-electron chi connectivity index (χ4n) is 2.60. The minimum absolute atomic E-state index is 0.270. The number of benzene rings is 1. The smallest absolute Gasteiger partial charge is 0.217 e. The fraction of sp³-hybridized carbons (Fsp3) is 0.611. The number of nitriles is 1. The van der Waals surface area contributed by atoms with Crippen molar-refractivity contribution in [3.05, 3.63) is 35.9 Å². The number of nitrogens with zero attached hydrogens (tertiary/aromatic N) is 1. The quantitative estimate of drug-likeness (QED) is 0.714. The van der Waals surface area contributed by atoms with Gasteiger partial charge in [0.1, 0.15) is 6.10 Å². The zero-order valence-electron chi connectivity index (χ0n) is 14.8. The highest BCUT2D eigenvalue weighted by molar-refractivity contribution is 5.13. The Labute approximate surface area is 148 Å². The summed E-state index contributed by atoms with van der Waals surface area (Å²) in [5.74, 6) is -1.73. The van der Waals surface area contributed by atoms with Gasteiger partial charge in [-0.05, 0) is 18.9 Å². The maximum Gasteiger partial charge on any atom is 0.217 e. The Kier molecular flexibility index (Phi) is 7.32. The van der Waals surface area contributed by atoms with Gasteiger partial charge < -0.3 is 28.8 Å². The van der Waals surface area contributed by atoms with E-state index in [1.807, 2.05) is 30.3 Å². The molecule has 1 heterocycles. The number of hydrogen-bond acceptors (Lipinski definition) is 7. The molecule has 0 unspecified atom stereocenters. The zero-order chi connectivity index (χ0) is 18.3. The van der Waals surface area contributed by atoms with Crippen LogP contribution in [0.1, 0.15) is 18.9 Å². The van der Waals surface area contributed by atoms with E-state index in [0.29, 0.717) is 13.0 Å². The number of ether oxygens (including phenoxy) is 5. The second-order valence-electron chi connectivity index (χ2n) is 6.02. The van der Waals surface area contributed by atoms with Crippen LogP contribution in [0.4, 0.5) is 0 Å². The Bertz CT molecular complexity index is 562. The van der Waals surface area contributed by atoms with Gasteiger partial charge in [0.25, 0.3) is 0 Å². The van der Waals surface area contributed by atoms with Gasteiger partial charge in [-0.25, -0.2) is 0 Å². The minimum Gasteiger partial charge on any atom is -0.364 e. The van der Waals surface area contributed by atoms with E-state index in [4.69, 9.17) is 23.7 Å². The van der Waals surface area contributed by atoms with E-state index in [1.165, 1.54) is 14.2 Å². The molecule has 25 heavy (non-hydrogen) atoms. The normalized spacial score (nSPS) is 27.2. The molecule has 1 aromatic carbocycles. The summed E-state index contributed by atoms with van der Waals surface area (Å²) >= 11 is 0. The number of aliphatic hydroxyl groups is 1. The molecule has 138 valence electrons. The summed E-state index contributed by atoms with van der Waals surface area (Å²) in [5.41, 5.74) is 0.999. The third-order valence-corrected chi connectivity index (χ3v) is 4.18. The van der Waals surface area contributed by atoms with Crippen molar-refractivity contribution in [3.63, 3.8) is 0 Å². The molecule has 0 saturated carbocycles. The van der Waals surface area contributed by atoms with Crippen LogP contribution < -0.4 is 0 Å². The van der Waals surface area contributed by atoms with Crippen molar-refractivity contribution in [2.75, 3.05) is 20.8 Å². The molecule has 5 atom stereocenters. The molecule has 1 aromatic rings. The van der Waals surface area contributed by atoms with Gasteiger partial charge in [0.2, 0.25) is 12.1 Å². The number of rotatable bonds is 8. The van der Waals surface area contributed by atoms with Crippen LogP contribution in [0.5, 0.6) is 0 Å². The molecule has 0 aliphatic carbocycles. The van der Waals surface area contributed by atoms with Crippen molar-refractivity contribution in [2.45, 2.75) is 44.4 Å².